The van der Waals surface area contributed by atoms with Gasteiger partial charge in [0.2, 0.25) is 5.92 Å². The van der Waals surface area contributed by atoms with E-state index < -0.39 is 17.6 Å². The van der Waals surface area contributed by atoms with Crippen molar-refractivity contribution in [2.75, 3.05) is 0 Å². The largest absolute Gasteiger partial charge is 0.248 e. The summed E-state index contributed by atoms with van der Waals surface area (Å²) in [6.07, 6.45) is 4.75. The Hall–Kier alpha value is -2.54. The normalized spacial score (nSPS) is 16.8. The first kappa shape index (κ1) is 20.2. The Bertz CT molecular complexity index is 904. The number of rotatable bonds is 3. The SMILES string of the molecule is CC/C=C/c1ccc(C#Cc2ccc(C3CCC(F)(F)CC3)c(F)c2F)cc1. The van der Waals surface area contributed by atoms with Gasteiger partial charge in [0.25, 0.3) is 0 Å². The summed E-state index contributed by atoms with van der Waals surface area (Å²) in [5.74, 6) is 0.465. The van der Waals surface area contributed by atoms with Gasteiger partial charge in [-0.2, -0.15) is 0 Å². The molecule has 0 N–H and O–H groups in total. The van der Waals surface area contributed by atoms with Crippen molar-refractivity contribution >= 4 is 6.08 Å². The highest BCUT2D eigenvalue weighted by Crippen LogP contribution is 2.41. The lowest BCUT2D eigenvalue weighted by molar-refractivity contribution is -0.0384. The van der Waals surface area contributed by atoms with E-state index in [1.807, 2.05) is 36.4 Å². The Balaban J connectivity index is 1.77. The molecule has 1 aliphatic rings. The summed E-state index contributed by atoms with van der Waals surface area (Å²) in [7, 11) is 0. The molecule has 0 amide bonds. The Kier molecular flexibility index (Phi) is 6.24. The molecule has 3 rings (SSSR count). The Morgan fingerprint density at radius 3 is 2.29 bits per heavy atom. The highest BCUT2D eigenvalue weighted by molar-refractivity contribution is 5.52. The van der Waals surface area contributed by atoms with Crippen LogP contribution in [0, 0.1) is 23.5 Å². The third-order valence-corrected chi connectivity index (χ3v) is 5.07. The van der Waals surface area contributed by atoms with Gasteiger partial charge in [0, 0.05) is 18.4 Å². The van der Waals surface area contributed by atoms with Crippen LogP contribution in [0.2, 0.25) is 0 Å². The minimum Gasteiger partial charge on any atom is -0.207 e. The van der Waals surface area contributed by atoms with Crippen molar-refractivity contribution in [1.29, 1.82) is 0 Å². The van der Waals surface area contributed by atoms with E-state index in [4.69, 9.17) is 0 Å². The second-order valence-electron chi connectivity index (χ2n) is 7.14. The third-order valence-electron chi connectivity index (χ3n) is 5.07. The van der Waals surface area contributed by atoms with Crippen molar-refractivity contribution < 1.29 is 17.6 Å². The summed E-state index contributed by atoms with van der Waals surface area (Å²) in [6, 6.07) is 10.4. The number of benzene rings is 2. The molecule has 0 spiro atoms. The van der Waals surface area contributed by atoms with E-state index in [-0.39, 0.29) is 42.7 Å². The number of allylic oxidation sites excluding steroid dienone is 1. The molecule has 28 heavy (non-hydrogen) atoms. The van der Waals surface area contributed by atoms with Crippen molar-refractivity contribution in [3.63, 3.8) is 0 Å². The molecule has 0 bridgehead atoms. The van der Waals surface area contributed by atoms with E-state index in [0.29, 0.717) is 5.56 Å². The van der Waals surface area contributed by atoms with Crippen LogP contribution >= 0.6 is 0 Å². The Morgan fingerprint density at radius 1 is 0.964 bits per heavy atom. The molecule has 2 aromatic rings. The van der Waals surface area contributed by atoms with Crippen molar-refractivity contribution in [3.8, 4) is 11.8 Å². The molecule has 0 nitrogen and oxygen atoms in total. The predicted octanol–water partition coefficient (Wildman–Crippen LogP) is 7.08. The molecule has 0 aliphatic heterocycles. The monoisotopic (exact) mass is 386 g/mol. The van der Waals surface area contributed by atoms with Gasteiger partial charge in [-0.3, -0.25) is 0 Å². The quantitative estimate of drug-likeness (QED) is 0.390. The summed E-state index contributed by atoms with van der Waals surface area (Å²) in [5, 5.41) is 0. The summed E-state index contributed by atoms with van der Waals surface area (Å²) in [6.45, 7) is 2.05. The zero-order valence-corrected chi connectivity index (χ0v) is 15.7. The zero-order chi connectivity index (χ0) is 20.1. The standard InChI is InChI=1S/C24H22F4/c1-2-3-4-17-5-7-18(8-6-17)9-10-20-11-12-21(23(26)22(20)25)19-13-15-24(27,28)16-14-19/h3-8,11-12,19H,2,13-16H2,1H3/b4-3+. The maximum atomic E-state index is 14.5. The van der Waals surface area contributed by atoms with Gasteiger partial charge in [0.05, 0.1) is 5.56 Å². The fraction of sp³-hybridized carbons (Fsp3) is 0.333. The van der Waals surface area contributed by atoms with Gasteiger partial charge in [-0.15, -0.1) is 0 Å². The zero-order valence-electron chi connectivity index (χ0n) is 15.7. The van der Waals surface area contributed by atoms with E-state index in [0.717, 1.165) is 12.0 Å². The second-order valence-corrected chi connectivity index (χ2v) is 7.14. The van der Waals surface area contributed by atoms with Crippen LogP contribution in [0.1, 0.15) is 67.2 Å². The maximum absolute atomic E-state index is 14.5. The smallest absolute Gasteiger partial charge is 0.207 e. The molecule has 4 heteroatoms. The van der Waals surface area contributed by atoms with Gasteiger partial charge in [-0.05, 0) is 54.5 Å². The van der Waals surface area contributed by atoms with Crippen LogP contribution in [0.3, 0.4) is 0 Å². The molecular weight excluding hydrogens is 364 g/mol. The van der Waals surface area contributed by atoms with E-state index >= 15 is 0 Å². The first-order valence-corrected chi connectivity index (χ1v) is 9.54. The Morgan fingerprint density at radius 2 is 1.64 bits per heavy atom. The van der Waals surface area contributed by atoms with Crippen LogP contribution in [0.25, 0.3) is 6.08 Å². The molecule has 0 aromatic heterocycles. The summed E-state index contributed by atoms with van der Waals surface area (Å²) in [5.41, 5.74) is 1.89. The molecule has 0 atom stereocenters. The number of alkyl halides is 2. The number of halogens is 4. The minimum absolute atomic E-state index is 0.0302. The topological polar surface area (TPSA) is 0 Å². The third kappa shape index (κ3) is 4.84. The van der Waals surface area contributed by atoms with Crippen LogP contribution in [-0.4, -0.2) is 5.92 Å². The highest BCUT2D eigenvalue weighted by Gasteiger charge is 2.36. The predicted molar refractivity (Wildman–Crippen MR) is 104 cm³/mol. The van der Waals surface area contributed by atoms with Gasteiger partial charge in [0.15, 0.2) is 11.6 Å². The average molecular weight is 386 g/mol. The minimum atomic E-state index is -2.70. The lowest BCUT2D eigenvalue weighted by atomic mass is 9.82. The van der Waals surface area contributed by atoms with Crippen molar-refractivity contribution in [3.05, 3.63) is 76.4 Å². The van der Waals surface area contributed by atoms with Gasteiger partial charge < -0.3 is 0 Å². The van der Waals surface area contributed by atoms with Gasteiger partial charge in [-0.25, -0.2) is 17.6 Å². The van der Waals surface area contributed by atoms with Gasteiger partial charge in [-0.1, -0.05) is 49.1 Å². The second kappa shape index (κ2) is 8.65. The molecular formula is C24H22F4. The van der Waals surface area contributed by atoms with Gasteiger partial charge in [0.1, 0.15) is 0 Å². The van der Waals surface area contributed by atoms with Crippen LogP contribution in [-0.2, 0) is 0 Å². The van der Waals surface area contributed by atoms with Crippen LogP contribution in [0.15, 0.2) is 42.5 Å². The average Bonchev–Trinajstić information content (AvgIpc) is 2.69. The summed E-state index contributed by atoms with van der Waals surface area (Å²) in [4.78, 5) is 0. The molecule has 0 saturated heterocycles. The van der Waals surface area contributed by atoms with Crippen LogP contribution in [0.4, 0.5) is 17.6 Å². The van der Waals surface area contributed by atoms with Gasteiger partial charge >= 0.3 is 0 Å². The number of hydrogen-bond acceptors (Lipinski definition) is 0. The van der Waals surface area contributed by atoms with Crippen molar-refractivity contribution in [2.45, 2.75) is 50.9 Å². The summed E-state index contributed by atoms with van der Waals surface area (Å²) < 4.78 is 55.5. The van der Waals surface area contributed by atoms with E-state index in [2.05, 4.69) is 18.8 Å². The maximum Gasteiger partial charge on any atom is 0.248 e. The van der Waals surface area contributed by atoms with Crippen molar-refractivity contribution in [2.24, 2.45) is 0 Å². The lowest BCUT2D eigenvalue weighted by Gasteiger charge is -2.28. The molecule has 2 aromatic carbocycles. The first-order chi connectivity index (χ1) is 13.4. The fourth-order valence-corrected chi connectivity index (χ4v) is 3.40. The molecule has 1 aliphatic carbocycles. The van der Waals surface area contributed by atoms with E-state index in [1.54, 1.807) is 0 Å². The van der Waals surface area contributed by atoms with E-state index in [9.17, 15) is 17.6 Å². The molecule has 0 heterocycles. The Labute approximate surface area is 163 Å². The molecule has 0 radical (unpaired) electrons. The fourth-order valence-electron chi connectivity index (χ4n) is 3.40. The highest BCUT2D eigenvalue weighted by atomic mass is 19.3. The van der Waals surface area contributed by atoms with Crippen molar-refractivity contribution in [1.82, 2.24) is 0 Å². The van der Waals surface area contributed by atoms with Crippen LogP contribution in [0.5, 0.6) is 0 Å². The molecule has 146 valence electrons. The lowest BCUT2D eigenvalue weighted by Crippen LogP contribution is -2.24. The van der Waals surface area contributed by atoms with Crippen LogP contribution < -0.4 is 0 Å². The molecule has 1 fully saturated rings. The summed E-state index contributed by atoms with van der Waals surface area (Å²) >= 11 is 0. The molecule has 1 saturated carbocycles. The number of hydrogen-bond donors (Lipinski definition) is 0. The first-order valence-electron chi connectivity index (χ1n) is 9.54. The molecule has 0 unspecified atom stereocenters. The van der Waals surface area contributed by atoms with E-state index in [1.165, 1.54) is 12.1 Å².